The smallest absolute Gasteiger partial charge is 0.410 e. The lowest BCUT2D eigenvalue weighted by molar-refractivity contribution is 0.00333. The van der Waals surface area contributed by atoms with Gasteiger partial charge in [-0.2, -0.15) is 28.6 Å². The molecule has 3 aromatic rings. The fourth-order valence-corrected chi connectivity index (χ4v) is 5.33. The van der Waals surface area contributed by atoms with E-state index in [-0.39, 0.29) is 44.7 Å². The highest BCUT2D eigenvalue weighted by atomic mass is 32.1. The highest BCUT2D eigenvalue weighted by Gasteiger charge is 2.35. The van der Waals surface area contributed by atoms with Crippen LogP contribution in [0, 0.1) is 6.92 Å². The first-order valence-electron chi connectivity index (χ1n) is 13.6. The van der Waals surface area contributed by atoms with E-state index in [2.05, 4.69) is 15.1 Å². The molecular weight excluding hydrogens is 551 g/mol. The van der Waals surface area contributed by atoms with Crippen LogP contribution in [0.5, 0.6) is 6.01 Å². The quantitative estimate of drug-likeness (QED) is 0.477. The Labute approximate surface area is 246 Å². The molecule has 0 spiro atoms. The van der Waals surface area contributed by atoms with Crippen molar-refractivity contribution in [1.82, 2.24) is 24.6 Å². The van der Waals surface area contributed by atoms with Gasteiger partial charge in [0.25, 0.3) is 0 Å². The number of nitrogens with zero attached hydrogens (tertiary/aromatic N) is 6. The number of anilines is 1. The summed E-state index contributed by atoms with van der Waals surface area (Å²) in [6, 6.07) is 6.00. The van der Waals surface area contributed by atoms with E-state index in [9.17, 15) is 9.90 Å². The molecule has 2 saturated heterocycles. The molecule has 2 aromatic heterocycles. The van der Waals surface area contributed by atoms with Gasteiger partial charge in [-0.1, -0.05) is 0 Å². The van der Waals surface area contributed by atoms with Gasteiger partial charge in [-0.3, -0.25) is 0 Å². The summed E-state index contributed by atoms with van der Waals surface area (Å²) in [5.41, 5.74) is 2.00. The largest absolute Gasteiger partial charge is 0.467 e. The van der Waals surface area contributed by atoms with Crippen LogP contribution in [-0.2, 0) is 9.47 Å². The minimum atomic E-state index is -1.24. The summed E-state index contributed by atoms with van der Waals surface area (Å²) in [5.74, 6) is 0.777. The summed E-state index contributed by atoms with van der Waals surface area (Å²) < 4.78 is 33.7. The molecule has 2 unspecified atom stereocenters. The number of likely N-dealkylation sites (tertiary alicyclic amines) is 1. The van der Waals surface area contributed by atoms with Gasteiger partial charge < -0.3 is 29.1 Å². The maximum absolute atomic E-state index is 15.6. The average Bonchev–Trinajstić information content (AvgIpc) is 3.34. The van der Waals surface area contributed by atoms with Crippen molar-refractivity contribution in [3.63, 3.8) is 0 Å². The number of ether oxygens (including phenoxy) is 3. The Morgan fingerprint density at radius 1 is 1.17 bits per heavy atom. The minimum absolute atomic E-state index is 0. The van der Waals surface area contributed by atoms with Crippen molar-refractivity contribution in [1.29, 1.82) is 0 Å². The first-order valence-corrected chi connectivity index (χ1v) is 13.6. The van der Waals surface area contributed by atoms with Crippen LogP contribution in [0.25, 0.3) is 16.7 Å². The molecule has 224 valence electrons. The fraction of sp³-hybridized carbons (Fsp3) is 0.571. The van der Waals surface area contributed by atoms with E-state index in [1.807, 2.05) is 30.0 Å². The molecule has 5 rings (SSSR count). The molecule has 2 aliphatic heterocycles. The van der Waals surface area contributed by atoms with E-state index in [1.165, 1.54) is 12.0 Å². The predicted molar refractivity (Wildman–Crippen MR) is 157 cm³/mol. The Morgan fingerprint density at radius 2 is 1.93 bits per heavy atom. The van der Waals surface area contributed by atoms with Crippen LogP contribution in [-0.4, -0.2) is 100 Å². The Kier molecular flexibility index (Phi) is 9.29. The third kappa shape index (κ3) is 6.68. The van der Waals surface area contributed by atoms with Crippen LogP contribution >= 0.6 is 13.5 Å². The lowest BCUT2D eigenvalue weighted by Gasteiger charge is -2.36. The Bertz CT molecular complexity index is 1380. The SMILES string of the molecule is COc1nc(N2CCO[C@H](CO)C2)cc(-n2ncc3cc(C)c(C4CCN(C(=O)OC(C)(C)C)CC4F)cc32)n1.S. The average molecular weight is 591 g/mol. The number of aliphatic hydroxyl groups excluding tert-OH is 1. The van der Waals surface area contributed by atoms with Gasteiger partial charge in [0.1, 0.15) is 17.6 Å². The van der Waals surface area contributed by atoms with E-state index < -0.39 is 17.9 Å². The second-order valence-corrected chi connectivity index (χ2v) is 11.4. The second kappa shape index (κ2) is 12.4. The van der Waals surface area contributed by atoms with Gasteiger partial charge in [-0.05, 0) is 57.4 Å². The molecule has 1 aromatic carbocycles. The number of rotatable bonds is 5. The van der Waals surface area contributed by atoms with Crippen LogP contribution < -0.4 is 9.64 Å². The molecule has 2 fully saturated rings. The van der Waals surface area contributed by atoms with Gasteiger partial charge in [-0.15, -0.1) is 0 Å². The monoisotopic (exact) mass is 590 g/mol. The number of hydrogen-bond acceptors (Lipinski definition) is 9. The van der Waals surface area contributed by atoms with Gasteiger partial charge in [0.05, 0.1) is 44.7 Å². The molecule has 41 heavy (non-hydrogen) atoms. The van der Waals surface area contributed by atoms with Crippen LogP contribution in [0.1, 0.15) is 44.2 Å². The molecule has 0 aliphatic carbocycles. The van der Waals surface area contributed by atoms with E-state index in [1.54, 1.807) is 31.6 Å². The summed E-state index contributed by atoms with van der Waals surface area (Å²) in [6.07, 6.45) is 0.215. The molecule has 0 radical (unpaired) electrons. The highest BCUT2D eigenvalue weighted by molar-refractivity contribution is 7.59. The predicted octanol–water partition coefficient (Wildman–Crippen LogP) is 3.51. The van der Waals surface area contributed by atoms with Crippen molar-refractivity contribution in [2.24, 2.45) is 0 Å². The second-order valence-electron chi connectivity index (χ2n) is 11.4. The van der Waals surface area contributed by atoms with Crippen LogP contribution in [0.4, 0.5) is 15.0 Å². The third-order valence-electron chi connectivity index (χ3n) is 7.29. The number of fused-ring (bicyclic) bond motifs is 1. The number of carbonyl (C=O) groups excluding carboxylic acids is 1. The minimum Gasteiger partial charge on any atom is -0.467 e. The van der Waals surface area contributed by atoms with Gasteiger partial charge in [0.15, 0.2) is 5.82 Å². The molecular formula is C28H39FN6O5S. The van der Waals surface area contributed by atoms with Crippen molar-refractivity contribution in [3.05, 3.63) is 35.5 Å². The van der Waals surface area contributed by atoms with Crippen LogP contribution in [0.3, 0.4) is 0 Å². The van der Waals surface area contributed by atoms with Crippen molar-refractivity contribution in [3.8, 4) is 11.8 Å². The molecule has 3 atom stereocenters. The third-order valence-corrected chi connectivity index (χ3v) is 7.29. The van der Waals surface area contributed by atoms with E-state index in [0.29, 0.717) is 44.3 Å². The summed E-state index contributed by atoms with van der Waals surface area (Å²) in [5, 5.41) is 15.1. The number of amides is 1. The Balaban J connectivity index is 0.00000387. The summed E-state index contributed by atoms with van der Waals surface area (Å²) in [6.45, 7) is 9.26. The van der Waals surface area contributed by atoms with Crippen molar-refractivity contribution in [2.45, 2.75) is 57.9 Å². The lowest BCUT2D eigenvalue weighted by Crippen LogP contribution is -2.46. The molecule has 1 amide bonds. The Morgan fingerprint density at radius 3 is 2.61 bits per heavy atom. The van der Waals surface area contributed by atoms with Crippen molar-refractivity contribution < 1.29 is 28.5 Å². The molecule has 2 aliphatic rings. The first-order chi connectivity index (χ1) is 19.1. The molecule has 11 nitrogen and oxygen atoms in total. The first kappa shape index (κ1) is 30.8. The summed E-state index contributed by atoms with van der Waals surface area (Å²) in [4.78, 5) is 25.0. The van der Waals surface area contributed by atoms with Gasteiger partial charge in [0, 0.05) is 37.0 Å². The number of aliphatic hydroxyl groups is 1. The normalized spacial score (nSPS) is 21.5. The topological polar surface area (TPSA) is 115 Å². The molecule has 1 N–H and O–H groups in total. The number of hydrogen-bond donors (Lipinski definition) is 1. The highest BCUT2D eigenvalue weighted by Crippen LogP contribution is 2.36. The van der Waals surface area contributed by atoms with E-state index in [0.717, 1.165) is 22.0 Å². The summed E-state index contributed by atoms with van der Waals surface area (Å²) >= 11 is 0. The number of carbonyl (C=O) groups is 1. The number of halogens is 1. The lowest BCUT2D eigenvalue weighted by atomic mass is 9.85. The number of aromatic nitrogens is 4. The number of alkyl halides is 1. The Hall–Kier alpha value is -3.16. The number of methoxy groups -OCH3 is 1. The number of benzene rings is 1. The zero-order valence-electron chi connectivity index (χ0n) is 24.1. The van der Waals surface area contributed by atoms with Crippen molar-refractivity contribution >= 4 is 36.3 Å². The number of aryl methyl sites for hydroxylation is 1. The maximum atomic E-state index is 15.6. The zero-order valence-corrected chi connectivity index (χ0v) is 25.1. The van der Waals surface area contributed by atoms with Crippen molar-refractivity contribution in [2.75, 3.05) is 51.4 Å². The standard InChI is InChI=1S/C28H37FN6O5.H2S/c1-17-10-18-13-30-35(25-12-24(31-26(32-25)38-5)33-8-9-39-19(14-33)16-36)23(18)11-21(17)20-6-7-34(15-22(20)29)27(37)40-28(2,3)4;/h10-13,19-20,22,36H,6-9,14-16H2,1-5H3;1H2/t19-,20?,22?;/m0./s1. The van der Waals surface area contributed by atoms with E-state index >= 15 is 4.39 Å². The summed E-state index contributed by atoms with van der Waals surface area (Å²) in [7, 11) is 1.51. The van der Waals surface area contributed by atoms with Gasteiger partial charge in [-0.25, -0.2) is 13.9 Å². The number of morpholine rings is 1. The van der Waals surface area contributed by atoms with Gasteiger partial charge in [0.2, 0.25) is 0 Å². The van der Waals surface area contributed by atoms with Gasteiger partial charge >= 0.3 is 12.1 Å². The van der Waals surface area contributed by atoms with E-state index in [4.69, 9.17) is 14.2 Å². The fourth-order valence-electron chi connectivity index (χ4n) is 5.33. The molecule has 13 heteroatoms. The molecule has 0 saturated carbocycles. The maximum Gasteiger partial charge on any atom is 0.410 e. The number of piperidine rings is 1. The van der Waals surface area contributed by atoms with Crippen LogP contribution in [0.2, 0.25) is 0 Å². The molecule has 4 heterocycles. The van der Waals surface area contributed by atoms with Crippen LogP contribution in [0.15, 0.2) is 24.4 Å². The molecule has 0 bridgehead atoms. The zero-order chi connectivity index (χ0) is 28.6.